The van der Waals surface area contributed by atoms with Crippen LogP contribution in [0.5, 0.6) is 0 Å². The molecular formula is C36H22N2. The Hall–Kier alpha value is -5.08. The van der Waals surface area contributed by atoms with Gasteiger partial charge in [-0.2, -0.15) is 0 Å². The Labute approximate surface area is 220 Å². The van der Waals surface area contributed by atoms with Crippen molar-refractivity contribution in [1.29, 1.82) is 0 Å². The summed E-state index contributed by atoms with van der Waals surface area (Å²) in [5.74, 6) is 0.739. The number of hydrogen-bond acceptors (Lipinski definition) is 2. The van der Waals surface area contributed by atoms with Crippen molar-refractivity contribution in [2.24, 2.45) is 0 Å². The Morgan fingerprint density at radius 1 is 0.395 bits per heavy atom. The van der Waals surface area contributed by atoms with Gasteiger partial charge >= 0.3 is 0 Å². The first-order valence-corrected chi connectivity index (χ1v) is 12.9. The van der Waals surface area contributed by atoms with Gasteiger partial charge in [-0.25, -0.2) is 9.97 Å². The van der Waals surface area contributed by atoms with Crippen molar-refractivity contribution in [3.8, 4) is 56.0 Å². The molecular weight excluding hydrogens is 460 g/mol. The Kier molecular flexibility index (Phi) is 4.55. The predicted molar refractivity (Wildman–Crippen MR) is 158 cm³/mol. The molecule has 0 amide bonds. The molecule has 2 heteroatoms. The molecule has 2 nitrogen and oxygen atoms in total. The highest BCUT2D eigenvalue weighted by Gasteiger charge is 2.22. The molecule has 6 aromatic carbocycles. The van der Waals surface area contributed by atoms with Crippen molar-refractivity contribution >= 4 is 21.7 Å². The maximum Gasteiger partial charge on any atom is 0.160 e. The minimum Gasteiger partial charge on any atom is -0.228 e. The lowest BCUT2D eigenvalue weighted by atomic mass is 9.92. The van der Waals surface area contributed by atoms with Gasteiger partial charge in [-0.1, -0.05) is 121 Å². The number of rotatable bonds is 2. The largest absolute Gasteiger partial charge is 0.228 e. The third-order valence-electron chi connectivity index (χ3n) is 7.63. The zero-order chi connectivity index (χ0) is 25.1. The molecule has 0 atom stereocenters. The second kappa shape index (κ2) is 8.22. The van der Waals surface area contributed by atoms with Gasteiger partial charge in [0, 0.05) is 16.5 Å². The molecule has 176 valence electrons. The lowest BCUT2D eigenvalue weighted by Gasteiger charge is -2.14. The van der Waals surface area contributed by atoms with Crippen molar-refractivity contribution in [1.82, 2.24) is 9.97 Å². The van der Waals surface area contributed by atoms with E-state index in [0.717, 1.165) is 33.5 Å². The first-order chi connectivity index (χ1) is 18.8. The molecule has 0 unspecified atom stereocenters. The van der Waals surface area contributed by atoms with E-state index < -0.39 is 0 Å². The summed E-state index contributed by atoms with van der Waals surface area (Å²) < 4.78 is 0. The summed E-state index contributed by atoms with van der Waals surface area (Å²) in [6, 6.07) is 47.3. The van der Waals surface area contributed by atoms with Crippen molar-refractivity contribution < 1.29 is 0 Å². The van der Waals surface area contributed by atoms with E-state index in [4.69, 9.17) is 9.97 Å². The zero-order valence-electron chi connectivity index (χ0n) is 20.6. The minimum atomic E-state index is 0.739. The molecule has 7 aromatic rings. The summed E-state index contributed by atoms with van der Waals surface area (Å²) in [4.78, 5) is 10.2. The maximum absolute atomic E-state index is 5.14. The molecule has 1 aromatic heterocycles. The van der Waals surface area contributed by atoms with Crippen LogP contribution in [-0.4, -0.2) is 9.97 Å². The SMILES string of the molecule is c1ccc(-c2nc(-c3ccc4c(c3)-c3ccccc3-c3cccc5cccc-4c35)nc3ccccc23)cc1. The lowest BCUT2D eigenvalue weighted by Crippen LogP contribution is -1.96. The quantitative estimate of drug-likeness (QED) is 0.245. The second-order valence-electron chi connectivity index (χ2n) is 9.79. The molecule has 0 spiro atoms. The van der Waals surface area contributed by atoms with Crippen molar-refractivity contribution in [3.63, 3.8) is 0 Å². The van der Waals surface area contributed by atoms with E-state index >= 15 is 0 Å². The van der Waals surface area contributed by atoms with Crippen LogP contribution >= 0.6 is 0 Å². The average Bonchev–Trinajstić information content (AvgIpc) is 3.11. The van der Waals surface area contributed by atoms with Crippen LogP contribution in [0.15, 0.2) is 133 Å². The normalized spacial score (nSPS) is 11.7. The predicted octanol–water partition coefficient (Wildman–Crippen LogP) is 9.43. The lowest BCUT2D eigenvalue weighted by molar-refractivity contribution is 1.23. The molecule has 0 saturated heterocycles. The van der Waals surface area contributed by atoms with Gasteiger partial charge in [0.15, 0.2) is 5.82 Å². The summed E-state index contributed by atoms with van der Waals surface area (Å²) in [5.41, 5.74) is 11.5. The molecule has 8 rings (SSSR count). The fourth-order valence-corrected chi connectivity index (χ4v) is 5.91. The Bertz CT molecular complexity index is 2020. The monoisotopic (exact) mass is 482 g/mol. The molecule has 0 fully saturated rings. The number of aromatic nitrogens is 2. The van der Waals surface area contributed by atoms with Crippen LogP contribution in [0.3, 0.4) is 0 Å². The first kappa shape index (κ1) is 21.0. The fourth-order valence-electron chi connectivity index (χ4n) is 5.91. The highest BCUT2D eigenvalue weighted by molar-refractivity contribution is 6.13. The van der Waals surface area contributed by atoms with Gasteiger partial charge in [-0.3, -0.25) is 0 Å². The third-order valence-corrected chi connectivity index (χ3v) is 7.63. The molecule has 0 bridgehead atoms. The Morgan fingerprint density at radius 2 is 1.03 bits per heavy atom. The van der Waals surface area contributed by atoms with Crippen LogP contribution in [0.25, 0.3) is 77.7 Å². The molecule has 0 N–H and O–H groups in total. The van der Waals surface area contributed by atoms with Gasteiger partial charge in [-0.05, 0) is 56.3 Å². The highest BCUT2D eigenvalue weighted by atomic mass is 14.9. The van der Waals surface area contributed by atoms with Gasteiger partial charge in [0.1, 0.15) is 0 Å². The number of benzene rings is 6. The highest BCUT2D eigenvalue weighted by Crippen LogP contribution is 2.48. The van der Waals surface area contributed by atoms with Gasteiger partial charge < -0.3 is 0 Å². The summed E-state index contributed by atoms with van der Waals surface area (Å²) in [7, 11) is 0. The van der Waals surface area contributed by atoms with Crippen molar-refractivity contribution in [3.05, 3.63) is 133 Å². The molecule has 0 radical (unpaired) electrons. The summed E-state index contributed by atoms with van der Waals surface area (Å²) in [6.45, 7) is 0. The van der Waals surface area contributed by atoms with Crippen LogP contribution in [0, 0.1) is 0 Å². The molecule has 38 heavy (non-hydrogen) atoms. The molecule has 0 saturated carbocycles. The molecule has 1 aliphatic carbocycles. The second-order valence-corrected chi connectivity index (χ2v) is 9.79. The van der Waals surface area contributed by atoms with Gasteiger partial charge in [0.2, 0.25) is 0 Å². The molecule has 1 heterocycles. The first-order valence-electron chi connectivity index (χ1n) is 12.9. The van der Waals surface area contributed by atoms with E-state index in [9.17, 15) is 0 Å². The van der Waals surface area contributed by atoms with Gasteiger partial charge in [-0.15, -0.1) is 0 Å². The molecule has 1 aliphatic rings. The van der Waals surface area contributed by atoms with E-state index in [1.54, 1.807) is 0 Å². The minimum absolute atomic E-state index is 0.739. The van der Waals surface area contributed by atoms with E-state index in [1.807, 2.05) is 12.1 Å². The van der Waals surface area contributed by atoms with Crippen molar-refractivity contribution in [2.45, 2.75) is 0 Å². The zero-order valence-corrected chi connectivity index (χ0v) is 20.6. The number of nitrogens with zero attached hydrogens (tertiary/aromatic N) is 2. The summed E-state index contributed by atoms with van der Waals surface area (Å²) >= 11 is 0. The molecule has 0 aliphatic heterocycles. The van der Waals surface area contributed by atoms with Crippen LogP contribution in [0.4, 0.5) is 0 Å². The summed E-state index contributed by atoms with van der Waals surface area (Å²) in [6.07, 6.45) is 0. The topological polar surface area (TPSA) is 25.8 Å². The van der Waals surface area contributed by atoms with Crippen molar-refractivity contribution in [2.75, 3.05) is 0 Å². The standard InChI is InChI=1S/C36H22N2/c1-2-10-24(11-3-1)35-31-16-6-7-19-33(31)37-36(38-35)25-20-21-28-30-18-9-13-23-12-8-17-29(34(23)30)26-14-4-5-15-27(26)32(28)22-25/h1-22H. The van der Waals surface area contributed by atoms with Gasteiger partial charge in [0.25, 0.3) is 0 Å². The van der Waals surface area contributed by atoms with E-state index in [0.29, 0.717) is 0 Å². The van der Waals surface area contributed by atoms with Crippen LogP contribution in [0.1, 0.15) is 0 Å². The van der Waals surface area contributed by atoms with E-state index in [2.05, 4.69) is 121 Å². The fraction of sp³-hybridized carbons (Fsp3) is 0. The smallest absolute Gasteiger partial charge is 0.160 e. The summed E-state index contributed by atoms with van der Waals surface area (Å²) in [5, 5.41) is 3.63. The number of para-hydroxylation sites is 1. The van der Waals surface area contributed by atoms with Crippen LogP contribution < -0.4 is 0 Å². The Morgan fingerprint density at radius 3 is 1.82 bits per heavy atom. The van der Waals surface area contributed by atoms with Gasteiger partial charge in [0.05, 0.1) is 11.2 Å². The number of fused-ring (bicyclic) bond motifs is 6. The third kappa shape index (κ3) is 3.14. The van der Waals surface area contributed by atoms with E-state index in [1.165, 1.54) is 44.2 Å². The van der Waals surface area contributed by atoms with Crippen LogP contribution in [-0.2, 0) is 0 Å². The Balaban J connectivity index is 1.41. The number of hydrogen-bond donors (Lipinski definition) is 0. The van der Waals surface area contributed by atoms with Crippen LogP contribution in [0.2, 0.25) is 0 Å². The average molecular weight is 483 g/mol. The maximum atomic E-state index is 5.14. The van der Waals surface area contributed by atoms with E-state index in [-0.39, 0.29) is 0 Å².